The molecule has 140 valence electrons. The number of nitrogens with one attached hydrogen (secondary N) is 1. The SMILES string of the molecule is CCOc1c(Br)cc(C(=O)Nc2ccc3c(c2)C(=O)N(C)C3=O)cc1OC. The largest absolute Gasteiger partial charge is 0.493 e. The van der Waals surface area contributed by atoms with Crippen LogP contribution in [0.1, 0.15) is 38.0 Å². The van der Waals surface area contributed by atoms with E-state index >= 15 is 0 Å². The Bertz CT molecular complexity index is 957. The highest BCUT2D eigenvalue weighted by Gasteiger charge is 2.32. The number of anilines is 1. The molecule has 3 rings (SSSR count). The molecular weight excluding hydrogens is 416 g/mol. The third-order valence-electron chi connectivity index (χ3n) is 4.13. The predicted molar refractivity (Wildman–Crippen MR) is 103 cm³/mol. The fourth-order valence-electron chi connectivity index (χ4n) is 2.78. The molecule has 3 amide bonds. The van der Waals surface area contributed by atoms with Crippen LogP contribution in [-0.4, -0.2) is 43.4 Å². The first-order valence-electron chi connectivity index (χ1n) is 8.15. The monoisotopic (exact) mass is 432 g/mol. The van der Waals surface area contributed by atoms with E-state index in [-0.39, 0.29) is 17.4 Å². The van der Waals surface area contributed by atoms with Crippen LogP contribution < -0.4 is 14.8 Å². The number of imide groups is 1. The molecule has 0 bridgehead atoms. The van der Waals surface area contributed by atoms with Gasteiger partial charge in [-0.15, -0.1) is 0 Å². The highest BCUT2D eigenvalue weighted by Crippen LogP contribution is 2.37. The molecule has 1 aliphatic rings. The maximum absolute atomic E-state index is 12.6. The van der Waals surface area contributed by atoms with Crippen LogP contribution >= 0.6 is 15.9 Å². The summed E-state index contributed by atoms with van der Waals surface area (Å²) in [6.45, 7) is 2.31. The van der Waals surface area contributed by atoms with E-state index in [1.807, 2.05) is 6.92 Å². The number of fused-ring (bicyclic) bond motifs is 1. The third kappa shape index (κ3) is 3.40. The molecule has 0 saturated carbocycles. The molecule has 0 fully saturated rings. The van der Waals surface area contributed by atoms with Crippen molar-refractivity contribution in [3.05, 3.63) is 51.5 Å². The summed E-state index contributed by atoms with van der Waals surface area (Å²) in [6, 6.07) is 7.81. The normalized spacial score (nSPS) is 12.8. The van der Waals surface area contributed by atoms with Crippen molar-refractivity contribution < 1.29 is 23.9 Å². The van der Waals surface area contributed by atoms with E-state index < -0.39 is 5.91 Å². The summed E-state index contributed by atoms with van der Waals surface area (Å²) in [4.78, 5) is 37.7. The number of benzene rings is 2. The van der Waals surface area contributed by atoms with Gasteiger partial charge in [-0.1, -0.05) is 0 Å². The molecule has 0 spiro atoms. The first-order valence-corrected chi connectivity index (χ1v) is 8.94. The van der Waals surface area contributed by atoms with Crippen molar-refractivity contribution in [2.45, 2.75) is 6.92 Å². The Hall–Kier alpha value is -2.87. The molecule has 0 unspecified atom stereocenters. The van der Waals surface area contributed by atoms with Gasteiger partial charge in [0.15, 0.2) is 11.5 Å². The molecule has 27 heavy (non-hydrogen) atoms. The van der Waals surface area contributed by atoms with Crippen LogP contribution in [0, 0.1) is 0 Å². The molecule has 2 aromatic carbocycles. The van der Waals surface area contributed by atoms with Crippen LogP contribution in [0.3, 0.4) is 0 Å². The van der Waals surface area contributed by atoms with E-state index in [2.05, 4.69) is 21.2 Å². The number of methoxy groups -OCH3 is 1. The quantitative estimate of drug-likeness (QED) is 0.732. The number of carbonyl (C=O) groups is 3. The Kier molecular flexibility index (Phi) is 5.18. The van der Waals surface area contributed by atoms with Crippen LogP contribution in [0.25, 0.3) is 0 Å². The molecule has 0 radical (unpaired) electrons. The fourth-order valence-corrected chi connectivity index (χ4v) is 3.33. The number of hydrogen-bond donors (Lipinski definition) is 1. The lowest BCUT2D eigenvalue weighted by atomic mass is 10.1. The molecule has 1 N–H and O–H groups in total. The molecule has 1 heterocycles. The maximum atomic E-state index is 12.6. The van der Waals surface area contributed by atoms with E-state index in [0.29, 0.717) is 39.4 Å². The zero-order valence-corrected chi connectivity index (χ0v) is 16.5. The molecular formula is C19H17BrN2O5. The van der Waals surface area contributed by atoms with Crippen LogP contribution in [-0.2, 0) is 0 Å². The van der Waals surface area contributed by atoms with Gasteiger partial charge in [0.1, 0.15) is 0 Å². The molecule has 1 aliphatic heterocycles. The van der Waals surface area contributed by atoms with Crippen molar-refractivity contribution in [3.63, 3.8) is 0 Å². The topological polar surface area (TPSA) is 84.9 Å². The summed E-state index contributed by atoms with van der Waals surface area (Å²) in [5, 5.41) is 2.73. The van der Waals surface area contributed by atoms with E-state index in [1.54, 1.807) is 18.2 Å². The minimum absolute atomic E-state index is 0.269. The number of halogens is 1. The number of nitrogens with zero attached hydrogens (tertiary/aromatic N) is 1. The zero-order chi connectivity index (χ0) is 19.7. The summed E-state index contributed by atoms with van der Waals surface area (Å²) < 4.78 is 11.4. The van der Waals surface area contributed by atoms with Gasteiger partial charge in [-0.3, -0.25) is 19.3 Å². The van der Waals surface area contributed by atoms with E-state index in [4.69, 9.17) is 9.47 Å². The number of ether oxygens (including phenoxy) is 2. The smallest absolute Gasteiger partial charge is 0.261 e. The van der Waals surface area contributed by atoms with Crippen molar-refractivity contribution >= 4 is 39.3 Å². The second kappa shape index (κ2) is 7.40. The molecule has 7 nitrogen and oxygen atoms in total. The Morgan fingerprint density at radius 2 is 1.85 bits per heavy atom. The highest BCUT2D eigenvalue weighted by atomic mass is 79.9. The van der Waals surface area contributed by atoms with Crippen LogP contribution in [0.5, 0.6) is 11.5 Å². The van der Waals surface area contributed by atoms with Crippen LogP contribution in [0.2, 0.25) is 0 Å². The summed E-state index contributed by atoms with van der Waals surface area (Å²) in [6.07, 6.45) is 0. The lowest BCUT2D eigenvalue weighted by Crippen LogP contribution is -2.24. The van der Waals surface area contributed by atoms with Gasteiger partial charge in [-0.2, -0.15) is 0 Å². The van der Waals surface area contributed by atoms with Gasteiger partial charge in [-0.05, 0) is 53.2 Å². The number of amides is 3. The zero-order valence-electron chi connectivity index (χ0n) is 15.0. The number of rotatable bonds is 5. The Morgan fingerprint density at radius 1 is 1.15 bits per heavy atom. The third-order valence-corrected chi connectivity index (χ3v) is 4.72. The summed E-state index contributed by atoms with van der Waals surface area (Å²) in [7, 11) is 2.91. The molecule has 8 heteroatoms. The van der Waals surface area contributed by atoms with Crippen molar-refractivity contribution in [3.8, 4) is 11.5 Å². The molecule has 0 saturated heterocycles. The van der Waals surface area contributed by atoms with Gasteiger partial charge in [-0.25, -0.2) is 0 Å². The summed E-state index contributed by atoms with van der Waals surface area (Å²) in [5.74, 6) is -0.194. The standard InChI is InChI=1S/C19H17BrN2O5/c1-4-27-16-14(20)7-10(8-15(16)26-3)17(23)21-11-5-6-12-13(9-11)19(25)22(2)18(12)24/h5-9H,4H2,1-3H3,(H,21,23). The Morgan fingerprint density at radius 3 is 2.52 bits per heavy atom. The van der Waals surface area contributed by atoms with Crippen molar-refractivity contribution in [2.24, 2.45) is 0 Å². The minimum Gasteiger partial charge on any atom is -0.493 e. The first kappa shape index (κ1) is 18.9. The number of carbonyl (C=O) groups excluding carboxylic acids is 3. The van der Waals surface area contributed by atoms with Crippen molar-refractivity contribution in [1.29, 1.82) is 0 Å². The van der Waals surface area contributed by atoms with E-state index in [0.717, 1.165) is 4.90 Å². The summed E-state index contributed by atoms with van der Waals surface area (Å²) >= 11 is 3.38. The predicted octanol–water partition coefficient (Wildman–Crippen LogP) is 3.33. The lowest BCUT2D eigenvalue weighted by Gasteiger charge is -2.13. The van der Waals surface area contributed by atoms with Gasteiger partial charge >= 0.3 is 0 Å². The van der Waals surface area contributed by atoms with E-state index in [1.165, 1.54) is 26.3 Å². The molecule has 0 aromatic heterocycles. The Labute approximate surface area is 164 Å². The van der Waals surface area contributed by atoms with Gasteiger partial charge in [0.2, 0.25) is 0 Å². The van der Waals surface area contributed by atoms with Crippen molar-refractivity contribution in [1.82, 2.24) is 4.90 Å². The molecule has 0 atom stereocenters. The van der Waals surface area contributed by atoms with Gasteiger partial charge in [0, 0.05) is 18.3 Å². The van der Waals surface area contributed by atoms with Gasteiger partial charge in [0.05, 0.1) is 29.3 Å². The van der Waals surface area contributed by atoms with Gasteiger partial charge in [0.25, 0.3) is 17.7 Å². The maximum Gasteiger partial charge on any atom is 0.261 e. The summed E-state index contributed by atoms with van der Waals surface area (Å²) in [5.41, 5.74) is 1.36. The first-order chi connectivity index (χ1) is 12.9. The average molecular weight is 433 g/mol. The van der Waals surface area contributed by atoms with Crippen molar-refractivity contribution in [2.75, 3.05) is 26.1 Å². The Balaban J connectivity index is 1.88. The molecule has 2 aromatic rings. The minimum atomic E-state index is -0.392. The van der Waals surface area contributed by atoms with Gasteiger partial charge < -0.3 is 14.8 Å². The molecule has 0 aliphatic carbocycles. The van der Waals surface area contributed by atoms with E-state index in [9.17, 15) is 14.4 Å². The second-order valence-corrected chi connectivity index (χ2v) is 6.66. The highest BCUT2D eigenvalue weighted by molar-refractivity contribution is 9.10. The second-order valence-electron chi connectivity index (χ2n) is 5.81. The lowest BCUT2D eigenvalue weighted by molar-refractivity contribution is 0.0692. The van der Waals surface area contributed by atoms with Crippen LogP contribution in [0.15, 0.2) is 34.8 Å². The fraction of sp³-hybridized carbons (Fsp3) is 0.211. The van der Waals surface area contributed by atoms with Crippen LogP contribution in [0.4, 0.5) is 5.69 Å². The average Bonchev–Trinajstić information content (AvgIpc) is 2.87. The number of hydrogen-bond acceptors (Lipinski definition) is 5.